The largest absolute Gasteiger partial charge is 0.350 e. The Morgan fingerprint density at radius 3 is 2.81 bits per heavy atom. The number of hydrogen-bond acceptors (Lipinski definition) is 4. The van der Waals surface area contributed by atoms with Gasteiger partial charge < -0.3 is 11.1 Å². The van der Waals surface area contributed by atoms with Crippen LogP contribution in [0.5, 0.6) is 0 Å². The summed E-state index contributed by atoms with van der Waals surface area (Å²) in [5, 5.41) is 5.82. The van der Waals surface area contributed by atoms with Gasteiger partial charge in [0.1, 0.15) is 0 Å². The van der Waals surface area contributed by atoms with Crippen LogP contribution in [0, 0.1) is 6.92 Å². The summed E-state index contributed by atoms with van der Waals surface area (Å²) < 4.78 is 0. The lowest BCUT2D eigenvalue weighted by molar-refractivity contribution is -0.121. The first-order chi connectivity index (χ1) is 7.37. The number of nitrogens with zero attached hydrogens (tertiary/aromatic N) is 1. The second-order valence-corrected chi connectivity index (χ2v) is 5.69. The minimum Gasteiger partial charge on any atom is -0.350 e. The molecular formula is C11H19N3OS. The molecule has 1 heterocycles. The van der Waals surface area contributed by atoms with E-state index in [2.05, 4.69) is 10.3 Å². The molecule has 0 atom stereocenters. The molecule has 0 aliphatic rings. The molecule has 0 aliphatic heterocycles. The predicted octanol–water partition coefficient (Wildman–Crippen LogP) is 1.59. The highest BCUT2D eigenvalue weighted by atomic mass is 32.1. The Morgan fingerprint density at radius 1 is 1.62 bits per heavy atom. The van der Waals surface area contributed by atoms with E-state index in [-0.39, 0.29) is 11.4 Å². The number of nitrogens with one attached hydrogen (secondary N) is 1. The molecule has 0 aromatic carbocycles. The van der Waals surface area contributed by atoms with E-state index in [4.69, 9.17) is 5.73 Å². The fourth-order valence-electron chi connectivity index (χ4n) is 1.20. The molecule has 0 aliphatic carbocycles. The van der Waals surface area contributed by atoms with Gasteiger partial charge in [-0.05, 0) is 27.2 Å². The van der Waals surface area contributed by atoms with E-state index in [1.807, 2.05) is 26.2 Å². The first kappa shape index (κ1) is 13.1. The Kier molecular flexibility index (Phi) is 4.44. The van der Waals surface area contributed by atoms with Crippen LogP contribution >= 0.6 is 11.3 Å². The van der Waals surface area contributed by atoms with E-state index >= 15 is 0 Å². The zero-order valence-corrected chi connectivity index (χ0v) is 10.9. The minimum absolute atomic E-state index is 0.0316. The van der Waals surface area contributed by atoms with Crippen LogP contribution in [-0.2, 0) is 11.3 Å². The maximum absolute atomic E-state index is 11.5. The van der Waals surface area contributed by atoms with Gasteiger partial charge in [-0.3, -0.25) is 4.79 Å². The zero-order valence-electron chi connectivity index (χ0n) is 10.0. The molecule has 1 rings (SSSR count). The Balaban J connectivity index is 2.25. The second-order valence-electron chi connectivity index (χ2n) is 4.62. The molecule has 90 valence electrons. The van der Waals surface area contributed by atoms with Crippen LogP contribution in [0.2, 0.25) is 0 Å². The maximum atomic E-state index is 11.5. The number of amides is 1. The zero-order chi connectivity index (χ0) is 12.2. The molecule has 0 saturated heterocycles. The molecule has 1 aromatic rings. The second kappa shape index (κ2) is 5.41. The fourth-order valence-corrected chi connectivity index (χ4v) is 1.82. The molecule has 1 aromatic heterocycles. The summed E-state index contributed by atoms with van der Waals surface area (Å²) in [6, 6.07) is 0. The summed E-state index contributed by atoms with van der Waals surface area (Å²) in [4.78, 5) is 15.7. The van der Waals surface area contributed by atoms with Gasteiger partial charge in [-0.25, -0.2) is 4.98 Å². The Labute approximate surface area is 100 Å². The number of thiazole rings is 1. The highest BCUT2D eigenvalue weighted by Crippen LogP contribution is 2.09. The number of carbonyl (C=O) groups excluding carboxylic acids is 1. The molecule has 5 heteroatoms. The van der Waals surface area contributed by atoms with E-state index in [9.17, 15) is 4.79 Å². The van der Waals surface area contributed by atoms with Crippen molar-refractivity contribution in [2.75, 3.05) is 0 Å². The lowest BCUT2D eigenvalue weighted by atomic mass is 10.00. The van der Waals surface area contributed by atoms with Gasteiger partial charge in [-0.2, -0.15) is 0 Å². The smallest absolute Gasteiger partial charge is 0.220 e. The van der Waals surface area contributed by atoms with E-state index in [1.165, 1.54) is 0 Å². The van der Waals surface area contributed by atoms with Crippen molar-refractivity contribution in [1.29, 1.82) is 0 Å². The van der Waals surface area contributed by atoms with Gasteiger partial charge in [0.25, 0.3) is 0 Å². The SMILES string of the molecule is Cc1nc(CNC(=O)CCC(C)(C)N)cs1. The number of nitrogens with two attached hydrogens (primary N) is 1. The summed E-state index contributed by atoms with van der Waals surface area (Å²) >= 11 is 1.59. The lowest BCUT2D eigenvalue weighted by Gasteiger charge is -2.17. The van der Waals surface area contributed by atoms with Crippen molar-refractivity contribution in [3.05, 3.63) is 16.1 Å². The van der Waals surface area contributed by atoms with E-state index < -0.39 is 0 Å². The van der Waals surface area contributed by atoms with Crippen molar-refractivity contribution < 1.29 is 4.79 Å². The molecule has 4 nitrogen and oxygen atoms in total. The molecule has 0 bridgehead atoms. The van der Waals surface area contributed by atoms with Gasteiger partial charge in [0, 0.05) is 17.3 Å². The molecule has 0 saturated carbocycles. The fraction of sp³-hybridized carbons (Fsp3) is 0.636. The van der Waals surface area contributed by atoms with Crippen molar-refractivity contribution >= 4 is 17.2 Å². The van der Waals surface area contributed by atoms with Crippen LogP contribution in [0.3, 0.4) is 0 Å². The molecule has 0 radical (unpaired) electrons. The van der Waals surface area contributed by atoms with Crippen LogP contribution in [0.15, 0.2) is 5.38 Å². The lowest BCUT2D eigenvalue weighted by Crippen LogP contribution is -2.34. The maximum Gasteiger partial charge on any atom is 0.220 e. The summed E-state index contributed by atoms with van der Waals surface area (Å²) in [7, 11) is 0. The summed E-state index contributed by atoms with van der Waals surface area (Å²) in [5.41, 5.74) is 6.44. The van der Waals surface area contributed by atoms with Crippen molar-refractivity contribution in [2.24, 2.45) is 5.73 Å². The Bertz CT molecular complexity index is 354. The number of rotatable bonds is 5. The van der Waals surface area contributed by atoms with Crippen LogP contribution < -0.4 is 11.1 Å². The third kappa shape index (κ3) is 5.23. The summed E-state index contributed by atoms with van der Waals surface area (Å²) in [6.45, 7) is 6.30. The van der Waals surface area contributed by atoms with Gasteiger partial charge in [0.05, 0.1) is 17.2 Å². The van der Waals surface area contributed by atoms with E-state index in [0.717, 1.165) is 10.7 Å². The van der Waals surface area contributed by atoms with Crippen molar-refractivity contribution in [3.63, 3.8) is 0 Å². The van der Waals surface area contributed by atoms with Crippen molar-refractivity contribution in [3.8, 4) is 0 Å². The first-order valence-corrected chi connectivity index (χ1v) is 6.21. The number of hydrogen-bond donors (Lipinski definition) is 2. The molecule has 0 unspecified atom stereocenters. The third-order valence-electron chi connectivity index (χ3n) is 2.13. The van der Waals surface area contributed by atoms with Crippen molar-refractivity contribution in [1.82, 2.24) is 10.3 Å². The quantitative estimate of drug-likeness (QED) is 0.822. The predicted molar refractivity (Wildman–Crippen MR) is 66.2 cm³/mol. The molecule has 16 heavy (non-hydrogen) atoms. The third-order valence-corrected chi connectivity index (χ3v) is 2.95. The van der Waals surface area contributed by atoms with Gasteiger partial charge in [0.2, 0.25) is 5.91 Å². The Hall–Kier alpha value is -0.940. The molecule has 3 N–H and O–H groups in total. The van der Waals surface area contributed by atoms with Gasteiger partial charge in [0.15, 0.2) is 0 Å². The van der Waals surface area contributed by atoms with Crippen molar-refractivity contribution in [2.45, 2.75) is 45.7 Å². The van der Waals surface area contributed by atoms with Gasteiger partial charge in [-0.15, -0.1) is 11.3 Å². The normalized spacial score (nSPS) is 11.5. The topological polar surface area (TPSA) is 68.0 Å². The van der Waals surface area contributed by atoms with Gasteiger partial charge in [-0.1, -0.05) is 0 Å². The molecule has 0 fully saturated rings. The average molecular weight is 241 g/mol. The average Bonchev–Trinajstić information content (AvgIpc) is 2.57. The highest BCUT2D eigenvalue weighted by molar-refractivity contribution is 7.09. The Morgan fingerprint density at radius 2 is 2.31 bits per heavy atom. The van der Waals surface area contributed by atoms with Crippen LogP contribution in [-0.4, -0.2) is 16.4 Å². The van der Waals surface area contributed by atoms with Gasteiger partial charge >= 0.3 is 0 Å². The number of aryl methyl sites for hydroxylation is 1. The highest BCUT2D eigenvalue weighted by Gasteiger charge is 2.13. The van der Waals surface area contributed by atoms with Crippen LogP contribution in [0.4, 0.5) is 0 Å². The molecular weight excluding hydrogens is 222 g/mol. The number of carbonyl (C=O) groups is 1. The first-order valence-electron chi connectivity index (χ1n) is 5.33. The van der Waals surface area contributed by atoms with Crippen LogP contribution in [0.25, 0.3) is 0 Å². The standard InChI is InChI=1S/C11H19N3OS/c1-8-14-9(7-16-8)6-13-10(15)4-5-11(2,3)12/h7H,4-6,12H2,1-3H3,(H,13,15). The van der Waals surface area contributed by atoms with E-state index in [1.54, 1.807) is 11.3 Å². The minimum atomic E-state index is -0.283. The summed E-state index contributed by atoms with van der Waals surface area (Å²) in [5.74, 6) is 0.0316. The molecule has 1 amide bonds. The molecule has 0 spiro atoms. The summed E-state index contributed by atoms with van der Waals surface area (Å²) in [6.07, 6.45) is 1.15. The van der Waals surface area contributed by atoms with E-state index in [0.29, 0.717) is 19.4 Å². The number of aromatic nitrogens is 1. The van der Waals surface area contributed by atoms with Crippen LogP contribution in [0.1, 0.15) is 37.4 Å². The monoisotopic (exact) mass is 241 g/mol.